The van der Waals surface area contributed by atoms with Gasteiger partial charge in [-0.1, -0.05) is 6.07 Å². The Morgan fingerprint density at radius 2 is 2.26 bits per heavy atom. The number of nitro groups is 1. The summed E-state index contributed by atoms with van der Waals surface area (Å²) in [6, 6.07) is 6.88. The second-order valence-corrected chi connectivity index (χ2v) is 6.43. The number of hydrogen-bond acceptors (Lipinski definition) is 5. The van der Waals surface area contributed by atoms with Crippen molar-refractivity contribution in [1.82, 2.24) is 4.90 Å². The Bertz CT molecular complexity index is 730. The molecule has 0 saturated carbocycles. The van der Waals surface area contributed by atoms with Crippen LogP contribution in [0.2, 0.25) is 0 Å². The topological polar surface area (TPSA) is 89.5 Å². The van der Waals surface area contributed by atoms with Crippen molar-refractivity contribution in [1.29, 1.82) is 0 Å². The first-order valence-electron chi connectivity index (χ1n) is 7.39. The molecule has 1 aromatic carbocycles. The van der Waals surface area contributed by atoms with E-state index in [1.165, 1.54) is 11.6 Å². The third-order valence-electron chi connectivity index (χ3n) is 4.23. The summed E-state index contributed by atoms with van der Waals surface area (Å²) >= 11 is 1.66. The molecule has 0 radical (unpaired) electrons. The van der Waals surface area contributed by atoms with Crippen LogP contribution < -0.4 is 5.73 Å². The van der Waals surface area contributed by atoms with E-state index in [2.05, 4.69) is 21.7 Å². The maximum Gasteiger partial charge on any atom is 0.274 e. The van der Waals surface area contributed by atoms with Gasteiger partial charge in [0.25, 0.3) is 5.69 Å². The number of nitrogens with zero attached hydrogens (tertiary/aromatic N) is 2. The molecule has 1 aliphatic heterocycles. The molecular weight excluding hydrogens is 314 g/mol. The Morgan fingerprint density at radius 3 is 2.91 bits per heavy atom. The zero-order valence-electron chi connectivity index (χ0n) is 12.5. The number of benzene rings is 1. The third kappa shape index (κ3) is 3.25. The van der Waals surface area contributed by atoms with Gasteiger partial charge in [0.05, 0.1) is 4.92 Å². The molecule has 2 aromatic rings. The van der Waals surface area contributed by atoms with Crippen LogP contribution >= 0.6 is 11.3 Å². The molecular formula is C16H17N3O3S. The summed E-state index contributed by atoms with van der Waals surface area (Å²) in [6.45, 7) is 1.41. The van der Waals surface area contributed by atoms with Gasteiger partial charge in [-0.2, -0.15) is 11.3 Å². The lowest BCUT2D eigenvalue weighted by Crippen LogP contribution is -2.23. The van der Waals surface area contributed by atoms with Gasteiger partial charge in [-0.3, -0.25) is 19.8 Å². The zero-order valence-corrected chi connectivity index (χ0v) is 13.3. The number of nitro benzene ring substituents is 1. The molecule has 1 saturated heterocycles. The molecule has 0 unspecified atom stereocenters. The highest BCUT2D eigenvalue weighted by molar-refractivity contribution is 7.07. The van der Waals surface area contributed by atoms with E-state index in [4.69, 9.17) is 5.73 Å². The van der Waals surface area contributed by atoms with Crippen LogP contribution in [0.5, 0.6) is 0 Å². The number of likely N-dealkylation sites (tertiary alicyclic amines) is 1. The first kappa shape index (κ1) is 15.6. The van der Waals surface area contributed by atoms with Gasteiger partial charge >= 0.3 is 0 Å². The largest absolute Gasteiger partial charge is 0.366 e. The van der Waals surface area contributed by atoms with E-state index in [-0.39, 0.29) is 11.3 Å². The van der Waals surface area contributed by atoms with Gasteiger partial charge in [0.15, 0.2) is 0 Å². The van der Waals surface area contributed by atoms with Crippen LogP contribution in [-0.4, -0.2) is 22.3 Å². The normalized spacial score (nSPS) is 18.2. The van der Waals surface area contributed by atoms with E-state index in [1.807, 2.05) is 0 Å². The van der Waals surface area contributed by atoms with E-state index in [0.717, 1.165) is 19.4 Å². The number of hydrogen-bond donors (Lipinski definition) is 1. The number of rotatable bonds is 5. The summed E-state index contributed by atoms with van der Waals surface area (Å²) in [5, 5.41) is 15.5. The predicted octanol–water partition coefficient (Wildman–Crippen LogP) is 3.09. The average molecular weight is 331 g/mol. The predicted molar refractivity (Wildman–Crippen MR) is 88.3 cm³/mol. The van der Waals surface area contributed by atoms with Crippen molar-refractivity contribution >= 4 is 22.9 Å². The monoisotopic (exact) mass is 331 g/mol. The van der Waals surface area contributed by atoms with Gasteiger partial charge < -0.3 is 5.73 Å². The fourth-order valence-corrected chi connectivity index (χ4v) is 3.80. The van der Waals surface area contributed by atoms with Crippen LogP contribution in [0, 0.1) is 10.1 Å². The maximum atomic E-state index is 11.3. The van der Waals surface area contributed by atoms with Crippen molar-refractivity contribution in [2.75, 3.05) is 6.54 Å². The number of primary amides is 1. The standard InChI is InChI=1S/C16H17N3O3S/c17-16(20)11-3-4-12(15(8-11)19(21)22)9-18-6-1-2-14(18)13-5-7-23-10-13/h3-5,7-8,10,14H,1-2,6,9H2,(H2,17,20)/t14-/m1/s1. The lowest BCUT2D eigenvalue weighted by molar-refractivity contribution is -0.385. The molecule has 6 nitrogen and oxygen atoms in total. The van der Waals surface area contributed by atoms with Gasteiger partial charge in [-0.05, 0) is 47.8 Å². The smallest absolute Gasteiger partial charge is 0.274 e. The van der Waals surface area contributed by atoms with Crippen molar-refractivity contribution in [3.05, 3.63) is 61.8 Å². The van der Waals surface area contributed by atoms with Crippen molar-refractivity contribution in [2.45, 2.75) is 25.4 Å². The number of carbonyl (C=O) groups excluding carboxylic acids is 1. The summed E-state index contributed by atoms with van der Waals surface area (Å²) in [7, 11) is 0. The van der Waals surface area contributed by atoms with Crippen molar-refractivity contribution in [3.8, 4) is 0 Å². The quantitative estimate of drug-likeness (QED) is 0.673. The van der Waals surface area contributed by atoms with E-state index in [0.29, 0.717) is 18.2 Å². The second kappa shape index (κ2) is 6.47. The van der Waals surface area contributed by atoms with Crippen LogP contribution in [0.25, 0.3) is 0 Å². The van der Waals surface area contributed by atoms with Gasteiger partial charge in [0, 0.05) is 29.8 Å². The maximum absolute atomic E-state index is 11.3. The highest BCUT2D eigenvalue weighted by Gasteiger charge is 2.28. The molecule has 0 aliphatic carbocycles. The summed E-state index contributed by atoms with van der Waals surface area (Å²) < 4.78 is 0. The Hall–Kier alpha value is -2.25. The van der Waals surface area contributed by atoms with E-state index >= 15 is 0 Å². The summed E-state index contributed by atoms with van der Waals surface area (Å²) in [5.74, 6) is -0.656. The lowest BCUT2D eigenvalue weighted by atomic mass is 10.1. The second-order valence-electron chi connectivity index (χ2n) is 5.65. The molecule has 120 valence electrons. The van der Waals surface area contributed by atoms with Crippen LogP contribution in [-0.2, 0) is 6.54 Å². The Kier molecular flexibility index (Phi) is 4.40. The molecule has 1 aromatic heterocycles. The molecule has 0 spiro atoms. The fraction of sp³-hybridized carbons (Fsp3) is 0.312. The first-order valence-corrected chi connectivity index (χ1v) is 8.34. The number of carbonyl (C=O) groups is 1. The minimum absolute atomic E-state index is 0.0442. The van der Waals surface area contributed by atoms with Crippen molar-refractivity contribution in [2.24, 2.45) is 5.73 Å². The Morgan fingerprint density at radius 1 is 1.43 bits per heavy atom. The molecule has 2 heterocycles. The van der Waals surface area contributed by atoms with Crippen LogP contribution in [0.3, 0.4) is 0 Å². The molecule has 3 rings (SSSR count). The van der Waals surface area contributed by atoms with Crippen LogP contribution in [0.1, 0.15) is 40.4 Å². The van der Waals surface area contributed by atoms with E-state index < -0.39 is 10.8 Å². The molecule has 2 N–H and O–H groups in total. The highest BCUT2D eigenvalue weighted by atomic mass is 32.1. The molecule has 1 aliphatic rings. The average Bonchev–Trinajstić information content (AvgIpc) is 3.17. The van der Waals surface area contributed by atoms with Crippen molar-refractivity contribution < 1.29 is 9.72 Å². The summed E-state index contributed by atoms with van der Waals surface area (Å²) in [4.78, 5) is 24.4. The molecule has 1 fully saturated rings. The van der Waals surface area contributed by atoms with E-state index in [9.17, 15) is 14.9 Å². The molecule has 7 heteroatoms. The summed E-state index contributed by atoms with van der Waals surface area (Å²) in [6.07, 6.45) is 2.14. The van der Waals surface area contributed by atoms with Gasteiger partial charge in [-0.15, -0.1) is 0 Å². The van der Waals surface area contributed by atoms with Crippen molar-refractivity contribution in [3.63, 3.8) is 0 Å². The highest BCUT2D eigenvalue weighted by Crippen LogP contribution is 2.35. The number of thiophene rings is 1. The van der Waals surface area contributed by atoms with Gasteiger partial charge in [0.2, 0.25) is 5.91 Å². The number of nitrogens with two attached hydrogens (primary N) is 1. The molecule has 0 bridgehead atoms. The molecule has 1 atom stereocenters. The molecule has 23 heavy (non-hydrogen) atoms. The minimum Gasteiger partial charge on any atom is -0.366 e. The Balaban J connectivity index is 1.87. The first-order chi connectivity index (χ1) is 11.1. The third-order valence-corrected chi connectivity index (χ3v) is 4.93. The van der Waals surface area contributed by atoms with E-state index in [1.54, 1.807) is 23.5 Å². The fourth-order valence-electron chi connectivity index (χ4n) is 3.10. The zero-order chi connectivity index (χ0) is 16.4. The lowest BCUT2D eigenvalue weighted by Gasteiger charge is -2.24. The number of amides is 1. The van der Waals surface area contributed by atoms with Gasteiger partial charge in [0.1, 0.15) is 0 Å². The van der Waals surface area contributed by atoms with Crippen LogP contribution in [0.15, 0.2) is 35.0 Å². The summed E-state index contributed by atoms with van der Waals surface area (Å²) in [5.41, 5.74) is 7.21. The minimum atomic E-state index is -0.656. The molecule has 1 amide bonds. The van der Waals surface area contributed by atoms with Crippen LogP contribution in [0.4, 0.5) is 5.69 Å². The van der Waals surface area contributed by atoms with Gasteiger partial charge in [-0.25, -0.2) is 0 Å². The Labute approximate surface area is 137 Å². The SMILES string of the molecule is NC(=O)c1ccc(CN2CCC[C@@H]2c2ccsc2)c([N+](=O)[O-])c1.